The Hall–Kier alpha value is -1.32. The SMILES string of the molecule is Cc1cccc2nc(CCl)n(Cc3ccsc3)c12. The highest BCUT2D eigenvalue weighted by molar-refractivity contribution is 7.07. The molecular weight excluding hydrogens is 264 g/mol. The molecule has 0 saturated carbocycles. The summed E-state index contributed by atoms with van der Waals surface area (Å²) in [7, 11) is 0. The first-order valence-electron chi connectivity index (χ1n) is 5.81. The van der Waals surface area contributed by atoms with Gasteiger partial charge in [-0.2, -0.15) is 11.3 Å². The molecule has 0 radical (unpaired) electrons. The Morgan fingerprint density at radius 2 is 2.22 bits per heavy atom. The maximum absolute atomic E-state index is 6.02. The first-order chi connectivity index (χ1) is 8.79. The second-order valence-corrected chi connectivity index (χ2v) is 5.37. The van der Waals surface area contributed by atoms with Gasteiger partial charge in [-0.05, 0) is 40.9 Å². The predicted octanol–water partition coefficient (Wildman–Crippen LogP) is 4.19. The first kappa shape index (κ1) is 11.8. The number of para-hydroxylation sites is 1. The van der Waals surface area contributed by atoms with Crippen molar-refractivity contribution in [2.45, 2.75) is 19.3 Å². The number of thiophene rings is 1. The number of nitrogens with zero attached hydrogens (tertiary/aromatic N) is 2. The van der Waals surface area contributed by atoms with Crippen molar-refractivity contribution < 1.29 is 0 Å². The first-order valence-corrected chi connectivity index (χ1v) is 7.29. The van der Waals surface area contributed by atoms with E-state index in [1.165, 1.54) is 16.6 Å². The Bertz CT molecular complexity index is 670. The number of halogens is 1. The summed E-state index contributed by atoms with van der Waals surface area (Å²) in [6, 6.07) is 8.35. The van der Waals surface area contributed by atoms with E-state index in [0.717, 1.165) is 17.9 Å². The third-order valence-electron chi connectivity index (χ3n) is 3.09. The van der Waals surface area contributed by atoms with E-state index in [4.69, 9.17) is 11.6 Å². The lowest BCUT2D eigenvalue weighted by molar-refractivity contribution is 0.779. The number of rotatable bonds is 3. The van der Waals surface area contributed by atoms with Crippen molar-refractivity contribution in [2.75, 3.05) is 0 Å². The number of aromatic nitrogens is 2. The highest BCUT2D eigenvalue weighted by Gasteiger charge is 2.12. The topological polar surface area (TPSA) is 17.8 Å². The Kier molecular flexibility index (Phi) is 3.10. The summed E-state index contributed by atoms with van der Waals surface area (Å²) in [5.74, 6) is 1.38. The molecule has 92 valence electrons. The quantitative estimate of drug-likeness (QED) is 0.656. The fraction of sp³-hybridized carbons (Fsp3) is 0.214. The summed E-state index contributed by atoms with van der Waals surface area (Å²) >= 11 is 7.73. The van der Waals surface area contributed by atoms with Gasteiger partial charge in [-0.1, -0.05) is 12.1 Å². The third-order valence-corrected chi connectivity index (χ3v) is 4.06. The summed E-state index contributed by atoms with van der Waals surface area (Å²) in [6.45, 7) is 2.96. The van der Waals surface area contributed by atoms with Gasteiger partial charge in [0.15, 0.2) is 0 Å². The molecule has 0 amide bonds. The van der Waals surface area contributed by atoms with Crippen LogP contribution in [0.3, 0.4) is 0 Å². The van der Waals surface area contributed by atoms with E-state index in [1.807, 2.05) is 12.1 Å². The van der Waals surface area contributed by atoms with Crippen molar-refractivity contribution in [3.63, 3.8) is 0 Å². The van der Waals surface area contributed by atoms with Crippen LogP contribution in [0.1, 0.15) is 17.0 Å². The Balaban J connectivity index is 2.19. The predicted molar refractivity (Wildman–Crippen MR) is 77.4 cm³/mol. The molecule has 0 aliphatic carbocycles. The molecule has 2 nitrogen and oxygen atoms in total. The fourth-order valence-corrected chi connectivity index (χ4v) is 3.11. The van der Waals surface area contributed by atoms with Crippen LogP contribution >= 0.6 is 22.9 Å². The molecule has 0 N–H and O–H groups in total. The van der Waals surface area contributed by atoms with Crippen LogP contribution in [0.2, 0.25) is 0 Å². The lowest BCUT2D eigenvalue weighted by Crippen LogP contribution is -2.03. The van der Waals surface area contributed by atoms with Crippen LogP contribution in [0.5, 0.6) is 0 Å². The average molecular weight is 277 g/mol. The molecule has 3 rings (SSSR count). The minimum atomic E-state index is 0.443. The highest BCUT2D eigenvalue weighted by atomic mass is 35.5. The second kappa shape index (κ2) is 4.75. The molecule has 0 saturated heterocycles. The van der Waals surface area contributed by atoms with Crippen molar-refractivity contribution in [3.8, 4) is 0 Å². The van der Waals surface area contributed by atoms with E-state index in [2.05, 4.69) is 39.4 Å². The van der Waals surface area contributed by atoms with Gasteiger partial charge in [0.1, 0.15) is 5.82 Å². The Morgan fingerprint density at radius 3 is 2.94 bits per heavy atom. The van der Waals surface area contributed by atoms with Crippen LogP contribution in [0.4, 0.5) is 0 Å². The number of fused-ring (bicyclic) bond motifs is 1. The molecule has 0 bridgehead atoms. The van der Waals surface area contributed by atoms with Crippen molar-refractivity contribution in [3.05, 3.63) is 52.0 Å². The van der Waals surface area contributed by atoms with Crippen molar-refractivity contribution in [1.82, 2.24) is 9.55 Å². The molecule has 3 aromatic rings. The van der Waals surface area contributed by atoms with E-state index in [0.29, 0.717) is 5.88 Å². The van der Waals surface area contributed by atoms with Gasteiger partial charge in [0.05, 0.1) is 23.5 Å². The van der Waals surface area contributed by atoms with Crippen LogP contribution in [-0.2, 0) is 12.4 Å². The average Bonchev–Trinajstić information content (AvgIpc) is 2.98. The number of alkyl halides is 1. The molecule has 1 aromatic carbocycles. The van der Waals surface area contributed by atoms with Crippen LogP contribution in [0.15, 0.2) is 35.0 Å². The summed E-state index contributed by atoms with van der Waals surface area (Å²) in [6.07, 6.45) is 0. The lowest BCUT2D eigenvalue weighted by atomic mass is 10.2. The van der Waals surface area contributed by atoms with Gasteiger partial charge in [-0.3, -0.25) is 0 Å². The monoisotopic (exact) mass is 276 g/mol. The van der Waals surface area contributed by atoms with Gasteiger partial charge in [0, 0.05) is 0 Å². The van der Waals surface area contributed by atoms with E-state index >= 15 is 0 Å². The van der Waals surface area contributed by atoms with E-state index in [9.17, 15) is 0 Å². The normalized spacial score (nSPS) is 11.2. The minimum Gasteiger partial charge on any atom is -0.322 e. The number of aryl methyl sites for hydroxylation is 1. The zero-order valence-corrected chi connectivity index (χ0v) is 11.6. The van der Waals surface area contributed by atoms with Crippen LogP contribution in [-0.4, -0.2) is 9.55 Å². The zero-order valence-electron chi connectivity index (χ0n) is 10.1. The number of hydrogen-bond acceptors (Lipinski definition) is 2. The third kappa shape index (κ3) is 1.93. The van der Waals surface area contributed by atoms with Crippen LogP contribution < -0.4 is 0 Å². The molecule has 2 aromatic heterocycles. The van der Waals surface area contributed by atoms with Gasteiger partial charge in [0.25, 0.3) is 0 Å². The summed E-state index contributed by atoms with van der Waals surface area (Å²) in [4.78, 5) is 4.61. The lowest BCUT2D eigenvalue weighted by Gasteiger charge is -2.07. The van der Waals surface area contributed by atoms with E-state index in [1.54, 1.807) is 11.3 Å². The fourth-order valence-electron chi connectivity index (χ4n) is 2.25. The smallest absolute Gasteiger partial charge is 0.125 e. The molecule has 4 heteroatoms. The second-order valence-electron chi connectivity index (χ2n) is 4.32. The maximum atomic E-state index is 6.02. The molecular formula is C14H13ClN2S. The molecule has 18 heavy (non-hydrogen) atoms. The molecule has 2 heterocycles. The molecule has 0 aliphatic rings. The maximum Gasteiger partial charge on any atom is 0.125 e. The zero-order chi connectivity index (χ0) is 12.5. The highest BCUT2D eigenvalue weighted by Crippen LogP contribution is 2.23. The van der Waals surface area contributed by atoms with Gasteiger partial charge >= 0.3 is 0 Å². The number of hydrogen-bond donors (Lipinski definition) is 0. The molecule has 0 atom stereocenters. The van der Waals surface area contributed by atoms with E-state index in [-0.39, 0.29) is 0 Å². The van der Waals surface area contributed by atoms with Gasteiger partial charge < -0.3 is 4.57 Å². The standard InChI is InChI=1S/C14H13ClN2S/c1-10-3-2-4-12-14(10)17(13(7-15)16-12)8-11-5-6-18-9-11/h2-6,9H,7-8H2,1H3. The van der Waals surface area contributed by atoms with Gasteiger partial charge in [0.2, 0.25) is 0 Å². The molecule has 0 aliphatic heterocycles. The Labute approximate surface area is 115 Å². The van der Waals surface area contributed by atoms with E-state index < -0.39 is 0 Å². The van der Waals surface area contributed by atoms with Gasteiger partial charge in [-0.25, -0.2) is 4.98 Å². The van der Waals surface area contributed by atoms with Crippen LogP contribution in [0, 0.1) is 6.92 Å². The van der Waals surface area contributed by atoms with Gasteiger partial charge in [-0.15, -0.1) is 11.6 Å². The minimum absolute atomic E-state index is 0.443. The number of imidazole rings is 1. The van der Waals surface area contributed by atoms with Crippen molar-refractivity contribution >= 4 is 34.0 Å². The molecule has 0 unspecified atom stereocenters. The molecule has 0 spiro atoms. The Morgan fingerprint density at radius 1 is 1.33 bits per heavy atom. The van der Waals surface area contributed by atoms with Crippen molar-refractivity contribution in [2.24, 2.45) is 0 Å². The summed E-state index contributed by atoms with van der Waals surface area (Å²) in [5.41, 5.74) is 4.76. The summed E-state index contributed by atoms with van der Waals surface area (Å²) in [5, 5.41) is 4.27. The van der Waals surface area contributed by atoms with Crippen molar-refractivity contribution in [1.29, 1.82) is 0 Å². The largest absolute Gasteiger partial charge is 0.322 e. The molecule has 0 fully saturated rings. The van der Waals surface area contributed by atoms with Crippen LogP contribution in [0.25, 0.3) is 11.0 Å². The summed E-state index contributed by atoms with van der Waals surface area (Å²) < 4.78 is 2.22. The number of benzene rings is 1.